The second-order valence-corrected chi connectivity index (χ2v) is 6.54. The van der Waals surface area contributed by atoms with Gasteiger partial charge in [0, 0.05) is 19.6 Å². The fraction of sp³-hybridized carbons (Fsp3) is 0.529. The third-order valence-corrected chi connectivity index (χ3v) is 4.97. The first-order valence-electron chi connectivity index (χ1n) is 8.03. The minimum Gasteiger partial charge on any atom is -0.356 e. The lowest BCUT2D eigenvalue weighted by atomic mass is 9.79. The first-order valence-corrected chi connectivity index (χ1v) is 8.03. The van der Waals surface area contributed by atoms with Gasteiger partial charge in [0.1, 0.15) is 0 Å². The molecule has 7 heteroatoms. The first-order chi connectivity index (χ1) is 11.3. The van der Waals surface area contributed by atoms with Crippen LogP contribution in [-0.4, -0.2) is 36.3 Å². The smallest absolute Gasteiger partial charge is 0.356 e. The molecule has 0 radical (unpaired) electrons. The average Bonchev–Trinajstić information content (AvgIpc) is 2.95. The van der Waals surface area contributed by atoms with Gasteiger partial charge in [0.25, 0.3) is 0 Å². The lowest BCUT2D eigenvalue weighted by Crippen LogP contribution is -2.48. The van der Waals surface area contributed by atoms with Gasteiger partial charge in [0.2, 0.25) is 11.8 Å². The number of hydrogen-bond acceptors (Lipinski definition) is 2. The van der Waals surface area contributed by atoms with Crippen molar-refractivity contribution in [3.63, 3.8) is 0 Å². The summed E-state index contributed by atoms with van der Waals surface area (Å²) in [5.41, 5.74) is -1.36. The minimum absolute atomic E-state index is 0.0240. The van der Waals surface area contributed by atoms with Crippen molar-refractivity contribution in [2.24, 2.45) is 5.41 Å². The number of halogens is 3. The molecule has 1 atom stereocenters. The number of benzene rings is 1. The van der Waals surface area contributed by atoms with E-state index < -0.39 is 17.2 Å². The number of nitrogens with one attached hydrogen (secondary N) is 1. The van der Waals surface area contributed by atoms with Crippen molar-refractivity contribution in [2.45, 2.75) is 31.9 Å². The van der Waals surface area contributed by atoms with Crippen LogP contribution in [-0.2, 0) is 22.2 Å². The highest BCUT2D eigenvalue weighted by Crippen LogP contribution is 2.38. The largest absolute Gasteiger partial charge is 0.416 e. The summed E-state index contributed by atoms with van der Waals surface area (Å²) in [5, 5.41) is 2.83. The Morgan fingerprint density at radius 1 is 1.25 bits per heavy atom. The van der Waals surface area contributed by atoms with Gasteiger partial charge in [0.05, 0.1) is 17.4 Å². The van der Waals surface area contributed by atoms with Crippen LogP contribution in [0, 0.1) is 5.41 Å². The number of alkyl halides is 3. The average molecular weight is 340 g/mol. The van der Waals surface area contributed by atoms with E-state index in [2.05, 4.69) is 5.32 Å². The van der Waals surface area contributed by atoms with Crippen LogP contribution in [0.15, 0.2) is 24.3 Å². The fourth-order valence-corrected chi connectivity index (χ4v) is 3.63. The Balaban J connectivity index is 1.72. The molecule has 1 N–H and O–H groups in total. The topological polar surface area (TPSA) is 49.4 Å². The zero-order valence-electron chi connectivity index (χ0n) is 13.2. The van der Waals surface area contributed by atoms with E-state index in [-0.39, 0.29) is 23.8 Å². The normalized spacial score (nSPS) is 24.3. The van der Waals surface area contributed by atoms with Crippen LogP contribution >= 0.6 is 0 Å². The molecule has 24 heavy (non-hydrogen) atoms. The van der Waals surface area contributed by atoms with E-state index in [1.807, 2.05) is 0 Å². The van der Waals surface area contributed by atoms with Crippen LogP contribution in [0.25, 0.3) is 0 Å². The molecule has 4 nitrogen and oxygen atoms in total. The van der Waals surface area contributed by atoms with Gasteiger partial charge in [-0.15, -0.1) is 0 Å². The van der Waals surface area contributed by atoms with Gasteiger partial charge in [0.15, 0.2) is 0 Å². The van der Waals surface area contributed by atoms with Crippen LogP contribution in [0.5, 0.6) is 0 Å². The summed E-state index contributed by atoms with van der Waals surface area (Å²) in [6.07, 6.45) is -2.61. The molecule has 2 heterocycles. The van der Waals surface area contributed by atoms with Gasteiger partial charge in [-0.2, -0.15) is 13.2 Å². The van der Waals surface area contributed by atoms with E-state index in [0.29, 0.717) is 26.1 Å². The Labute approximate surface area is 138 Å². The predicted molar refractivity (Wildman–Crippen MR) is 81.0 cm³/mol. The Morgan fingerprint density at radius 2 is 2.00 bits per heavy atom. The summed E-state index contributed by atoms with van der Waals surface area (Å²) in [6.45, 7) is 1.36. The molecule has 2 fully saturated rings. The molecule has 2 aliphatic rings. The molecule has 2 aliphatic heterocycles. The number of carbonyl (C=O) groups excluding carboxylic acids is 2. The van der Waals surface area contributed by atoms with Crippen molar-refractivity contribution in [3.05, 3.63) is 35.4 Å². The lowest BCUT2D eigenvalue weighted by molar-refractivity contribution is -0.138. The van der Waals surface area contributed by atoms with Gasteiger partial charge >= 0.3 is 6.18 Å². The molecular formula is C17H19F3N2O2. The Bertz CT molecular complexity index is 659. The van der Waals surface area contributed by atoms with Crippen LogP contribution in [0.1, 0.15) is 30.4 Å². The van der Waals surface area contributed by atoms with Crippen molar-refractivity contribution in [3.8, 4) is 0 Å². The molecule has 0 bridgehead atoms. The molecule has 1 unspecified atom stereocenters. The molecule has 130 valence electrons. The quantitative estimate of drug-likeness (QED) is 0.899. The zero-order chi connectivity index (χ0) is 17.4. The highest BCUT2D eigenvalue weighted by atomic mass is 19.4. The van der Waals surface area contributed by atoms with E-state index in [9.17, 15) is 22.8 Å². The Morgan fingerprint density at radius 3 is 2.71 bits per heavy atom. The summed E-state index contributed by atoms with van der Waals surface area (Å²) >= 11 is 0. The van der Waals surface area contributed by atoms with E-state index in [1.165, 1.54) is 23.1 Å². The number of piperidine rings is 1. The third kappa shape index (κ3) is 3.12. The highest BCUT2D eigenvalue weighted by Gasteiger charge is 2.47. The van der Waals surface area contributed by atoms with E-state index in [4.69, 9.17) is 0 Å². The Kier molecular flexibility index (Phi) is 4.27. The van der Waals surface area contributed by atoms with Crippen LogP contribution in [0.4, 0.5) is 13.2 Å². The molecule has 0 saturated carbocycles. The van der Waals surface area contributed by atoms with Crippen molar-refractivity contribution < 1.29 is 22.8 Å². The zero-order valence-corrected chi connectivity index (χ0v) is 13.2. The summed E-state index contributed by atoms with van der Waals surface area (Å²) in [6, 6.07) is 5.13. The maximum absolute atomic E-state index is 13.0. The maximum Gasteiger partial charge on any atom is 0.416 e. The van der Waals surface area contributed by atoms with Crippen molar-refractivity contribution >= 4 is 11.8 Å². The molecule has 3 rings (SSSR count). The van der Waals surface area contributed by atoms with E-state index >= 15 is 0 Å². The molecule has 0 aromatic heterocycles. The molecule has 2 amide bonds. The highest BCUT2D eigenvalue weighted by molar-refractivity contribution is 5.86. The van der Waals surface area contributed by atoms with Gasteiger partial charge in [-0.3, -0.25) is 9.59 Å². The second kappa shape index (κ2) is 6.11. The second-order valence-electron chi connectivity index (χ2n) is 6.54. The number of rotatable bonds is 2. The summed E-state index contributed by atoms with van der Waals surface area (Å²) < 4.78 is 39.1. The van der Waals surface area contributed by atoms with E-state index in [1.54, 1.807) is 0 Å². The van der Waals surface area contributed by atoms with Crippen LogP contribution in [0.2, 0.25) is 0 Å². The predicted octanol–water partition coefficient (Wildman–Crippen LogP) is 2.38. The Hall–Kier alpha value is -2.05. The molecule has 1 spiro atoms. The minimum atomic E-state index is -4.48. The maximum atomic E-state index is 13.0. The molecule has 2 saturated heterocycles. The van der Waals surface area contributed by atoms with Crippen LogP contribution in [0.3, 0.4) is 0 Å². The van der Waals surface area contributed by atoms with Crippen molar-refractivity contribution in [2.75, 3.05) is 19.6 Å². The molecular weight excluding hydrogens is 321 g/mol. The van der Waals surface area contributed by atoms with Gasteiger partial charge in [-0.1, -0.05) is 18.2 Å². The summed E-state index contributed by atoms with van der Waals surface area (Å²) in [4.78, 5) is 26.1. The standard InChI is InChI=1S/C17H19F3N2O2/c18-17(19,20)13-5-2-1-4-12(13)10-14(23)22-9-7-16(11-22)6-3-8-21-15(16)24/h1-2,4-5H,3,6-11H2,(H,21,24). The first kappa shape index (κ1) is 16.8. The number of likely N-dealkylation sites (tertiary alicyclic amines) is 1. The fourth-order valence-electron chi connectivity index (χ4n) is 3.63. The SMILES string of the molecule is O=C(Cc1ccccc1C(F)(F)F)N1CCC2(CCCNC2=O)C1. The van der Waals surface area contributed by atoms with Gasteiger partial charge in [-0.25, -0.2) is 0 Å². The van der Waals surface area contributed by atoms with Gasteiger partial charge < -0.3 is 10.2 Å². The summed E-state index contributed by atoms with van der Waals surface area (Å²) in [7, 11) is 0. The van der Waals surface area contributed by atoms with Crippen LogP contribution < -0.4 is 5.32 Å². The van der Waals surface area contributed by atoms with Crippen molar-refractivity contribution in [1.82, 2.24) is 10.2 Å². The lowest BCUT2D eigenvalue weighted by Gasteiger charge is -2.32. The monoisotopic (exact) mass is 340 g/mol. The number of amides is 2. The number of hydrogen-bond donors (Lipinski definition) is 1. The van der Waals surface area contributed by atoms with E-state index in [0.717, 1.165) is 18.9 Å². The molecule has 1 aromatic rings. The van der Waals surface area contributed by atoms with Gasteiger partial charge in [-0.05, 0) is 30.9 Å². The third-order valence-electron chi connectivity index (χ3n) is 4.97. The molecule has 1 aromatic carbocycles. The molecule has 0 aliphatic carbocycles. The van der Waals surface area contributed by atoms with Crippen molar-refractivity contribution in [1.29, 1.82) is 0 Å². The number of nitrogens with zero attached hydrogens (tertiary/aromatic N) is 1. The summed E-state index contributed by atoms with van der Waals surface area (Å²) in [5.74, 6) is -0.401. The number of carbonyl (C=O) groups is 2.